The Labute approximate surface area is 135 Å². The van der Waals surface area contributed by atoms with Crippen molar-refractivity contribution >= 4 is 6.03 Å². The first kappa shape index (κ1) is 14.4. The van der Waals surface area contributed by atoms with Crippen molar-refractivity contribution in [2.75, 3.05) is 13.1 Å². The number of piperidine rings is 3. The van der Waals surface area contributed by atoms with Gasteiger partial charge in [-0.05, 0) is 50.9 Å². The van der Waals surface area contributed by atoms with Crippen LogP contribution in [0.1, 0.15) is 19.8 Å². The number of nitrogens with one attached hydrogen (secondary N) is 1. The fraction of sp³-hybridized carbons (Fsp3) is 0.471. The van der Waals surface area contributed by atoms with E-state index in [1.54, 1.807) is 18.6 Å². The lowest BCUT2D eigenvalue weighted by Gasteiger charge is -2.49. The Balaban J connectivity index is 1.49. The summed E-state index contributed by atoms with van der Waals surface area (Å²) in [5, 5.41) is 7.38. The van der Waals surface area contributed by atoms with Crippen molar-refractivity contribution in [3.63, 3.8) is 0 Å². The molecular weight excluding hydrogens is 290 g/mol. The van der Waals surface area contributed by atoms with E-state index in [1.165, 1.54) is 17.5 Å². The summed E-state index contributed by atoms with van der Waals surface area (Å²) in [5.41, 5.74) is 1.67. The Bertz CT molecular complexity index is 688. The van der Waals surface area contributed by atoms with E-state index >= 15 is 0 Å². The lowest BCUT2D eigenvalue weighted by Crippen LogP contribution is -2.62. The first-order chi connectivity index (χ1) is 11.2. The van der Waals surface area contributed by atoms with Crippen LogP contribution in [0.3, 0.4) is 0 Å². The van der Waals surface area contributed by atoms with Crippen molar-refractivity contribution in [3.8, 4) is 11.3 Å². The molecule has 3 saturated heterocycles. The van der Waals surface area contributed by atoms with E-state index in [9.17, 15) is 4.79 Å². The van der Waals surface area contributed by atoms with Crippen molar-refractivity contribution in [1.29, 1.82) is 0 Å². The minimum absolute atomic E-state index is 0.155. The molecule has 23 heavy (non-hydrogen) atoms. The predicted molar refractivity (Wildman–Crippen MR) is 86.9 cm³/mol. The van der Waals surface area contributed by atoms with E-state index in [-0.39, 0.29) is 12.1 Å². The molecule has 3 aliphatic heterocycles. The Kier molecular flexibility index (Phi) is 3.61. The van der Waals surface area contributed by atoms with Crippen molar-refractivity contribution in [2.45, 2.75) is 31.8 Å². The number of hydrogen-bond donors (Lipinski definition) is 1. The molecule has 3 fully saturated rings. The summed E-state index contributed by atoms with van der Waals surface area (Å²) >= 11 is 0. The molecule has 0 aromatic carbocycles. The number of carbonyl (C=O) groups excluding carboxylic acids is 1. The average Bonchev–Trinajstić information content (AvgIpc) is 3.09. The lowest BCUT2D eigenvalue weighted by atomic mass is 9.79. The summed E-state index contributed by atoms with van der Waals surface area (Å²) in [5.74, 6) is 0.588. The number of pyridine rings is 1. The molecule has 0 saturated carbocycles. The fourth-order valence-corrected chi connectivity index (χ4v) is 3.85. The molecule has 5 heterocycles. The van der Waals surface area contributed by atoms with E-state index in [0.717, 1.165) is 24.3 Å². The molecule has 3 aliphatic rings. The van der Waals surface area contributed by atoms with Gasteiger partial charge in [0.05, 0.1) is 11.9 Å². The molecule has 2 atom stereocenters. The highest BCUT2D eigenvalue weighted by atomic mass is 16.2. The van der Waals surface area contributed by atoms with Gasteiger partial charge in [0, 0.05) is 30.0 Å². The maximum Gasteiger partial charge on any atom is 0.342 e. The highest BCUT2D eigenvalue weighted by Crippen LogP contribution is 2.32. The van der Waals surface area contributed by atoms with Crippen LogP contribution >= 0.6 is 0 Å². The quantitative estimate of drug-likeness (QED) is 0.921. The molecule has 6 nitrogen and oxygen atoms in total. The second kappa shape index (κ2) is 5.77. The molecule has 2 aromatic rings. The third-order valence-corrected chi connectivity index (χ3v) is 5.22. The maximum atomic E-state index is 12.5. The molecule has 0 radical (unpaired) electrons. The standard InChI is InChI=1S/C17H21N5O/c1-12-16(13-5-8-21(12)9-6-13)20-17(23)22-11-14(10-19-22)15-4-2-3-7-18-15/h2-4,7,10-13,16H,5-6,8-9H2,1H3,(H,20,23)/t12-,16+/m1/s1. The van der Waals surface area contributed by atoms with E-state index in [4.69, 9.17) is 0 Å². The van der Waals surface area contributed by atoms with Crippen molar-refractivity contribution in [2.24, 2.45) is 5.92 Å². The van der Waals surface area contributed by atoms with Gasteiger partial charge in [-0.15, -0.1) is 0 Å². The van der Waals surface area contributed by atoms with Crippen molar-refractivity contribution < 1.29 is 4.79 Å². The van der Waals surface area contributed by atoms with Crippen LogP contribution in [0.4, 0.5) is 4.79 Å². The SMILES string of the molecule is C[C@@H]1[C@H](NC(=O)n2cc(-c3ccccn3)cn2)C2CCN1CC2. The van der Waals surface area contributed by atoms with Crippen LogP contribution in [0.5, 0.6) is 0 Å². The van der Waals surface area contributed by atoms with Crippen LogP contribution in [0.25, 0.3) is 11.3 Å². The molecule has 0 spiro atoms. The largest absolute Gasteiger partial charge is 0.342 e. The molecule has 1 N–H and O–H groups in total. The van der Waals surface area contributed by atoms with Gasteiger partial charge < -0.3 is 5.32 Å². The third-order valence-electron chi connectivity index (χ3n) is 5.22. The molecule has 2 aromatic heterocycles. The van der Waals surface area contributed by atoms with Gasteiger partial charge in [-0.2, -0.15) is 9.78 Å². The summed E-state index contributed by atoms with van der Waals surface area (Å²) in [7, 11) is 0. The zero-order valence-electron chi connectivity index (χ0n) is 13.2. The minimum atomic E-state index is -0.155. The topological polar surface area (TPSA) is 63.1 Å². The van der Waals surface area contributed by atoms with Crippen LogP contribution in [0, 0.1) is 5.92 Å². The molecule has 1 amide bonds. The maximum absolute atomic E-state index is 12.5. The molecule has 2 bridgehead atoms. The number of carbonyl (C=O) groups is 1. The summed E-state index contributed by atoms with van der Waals surface area (Å²) in [6, 6.07) is 6.17. The number of rotatable bonds is 2. The second-order valence-corrected chi connectivity index (χ2v) is 6.48. The predicted octanol–water partition coefficient (Wildman–Crippen LogP) is 1.99. The number of amides is 1. The first-order valence-corrected chi connectivity index (χ1v) is 8.23. The normalized spacial score (nSPS) is 29.4. The Morgan fingerprint density at radius 1 is 1.30 bits per heavy atom. The lowest BCUT2D eigenvalue weighted by molar-refractivity contribution is 0.0266. The Morgan fingerprint density at radius 2 is 2.13 bits per heavy atom. The van der Waals surface area contributed by atoms with Crippen molar-refractivity contribution in [3.05, 3.63) is 36.8 Å². The van der Waals surface area contributed by atoms with Gasteiger partial charge in [-0.1, -0.05) is 6.07 Å². The van der Waals surface area contributed by atoms with Crippen LogP contribution in [-0.2, 0) is 0 Å². The van der Waals surface area contributed by atoms with Gasteiger partial charge in [0.25, 0.3) is 0 Å². The molecule has 5 rings (SSSR count). The van der Waals surface area contributed by atoms with E-state index < -0.39 is 0 Å². The summed E-state index contributed by atoms with van der Waals surface area (Å²) < 4.78 is 1.38. The molecule has 0 aliphatic carbocycles. The Morgan fingerprint density at radius 3 is 2.83 bits per heavy atom. The van der Waals surface area contributed by atoms with E-state index in [0.29, 0.717) is 12.0 Å². The van der Waals surface area contributed by atoms with Crippen LogP contribution in [0.15, 0.2) is 36.8 Å². The van der Waals surface area contributed by atoms with E-state index in [1.807, 2.05) is 18.2 Å². The molecular formula is C17H21N5O. The molecule has 0 unspecified atom stereocenters. The van der Waals surface area contributed by atoms with Gasteiger partial charge in [-0.3, -0.25) is 9.88 Å². The van der Waals surface area contributed by atoms with Gasteiger partial charge in [0.2, 0.25) is 0 Å². The number of fused-ring (bicyclic) bond motifs is 3. The minimum Gasteiger partial charge on any atom is -0.332 e. The zero-order chi connectivity index (χ0) is 15.8. The van der Waals surface area contributed by atoms with Crippen LogP contribution in [0.2, 0.25) is 0 Å². The smallest absolute Gasteiger partial charge is 0.332 e. The van der Waals surface area contributed by atoms with E-state index in [2.05, 4.69) is 27.2 Å². The summed E-state index contributed by atoms with van der Waals surface area (Å²) in [6.07, 6.45) is 7.51. The molecule has 6 heteroatoms. The molecule has 120 valence electrons. The third kappa shape index (κ3) is 2.63. The van der Waals surface area contributed by atoms with Crippen LogP contribution < -0.4 is 5.32 Å². The monoisotopic (exact) mass is 311 g/mol. The van der Waals surface area contributed by atoms with Gasteiger partial charge in [0.15, 0.2) is 0 Å². The number of hydrogen-bond acceptors (Lipinski definition) is 4. The van der Waals surface area contributed by atoms with Gasteiger partial charge >= 0.3 is 6.03 Å². The van der Waals surface area contributed by atoms with Crippen LogP contribution in [-0.4, -0.2) is 50.9 Å². The van der Waals surface area contributed by atoms with Gasteiger partial charge in [0.1, 0.15) is 0 Å². The Hall–Kier alpha value is -2.21. The highest BCUT2D eigenvalue weighted by molar-refractivity contribution is 5.77. The number of aromatic nitrogens is 3. The second-order valence-electron chi connectivity index (χ2n) is 6.48. The van der Waals surface area contributed by atoms with Crippen molar-refractivity contribution in [1.82, 2.24) is 25.0 Å². The van der Waals surface area contributed by atoms with Gasteiger partial charge in [-0.25, -0.2) is 4.79 Å². The zero-order valence-corrected chi connectivity index (χ0v) is 13.2. The first-order valence-electron chi connectivity index (χ1n) is 8.23. The summed E-state index contributed by atoms with van der Waals surface area (Å²) in [6.45, 7) is 4.52. The average molecular weight is 311 g/mol. The summed E-state index contributed by atoms with van der Waals surface area (Å²) in [4.78, 5) is 19.3. The fourth-order valence-electron chi connectivity index (χ4n) is 3.85. The highest BCUT2D eigenvalue weighted by Gasteiger charge is 2.40. The number of nitrogens with zero attached hydrogens (tertiary/aromatic N) is 4.